The summed E-state index contributed by atoms with van der Waals surface area (Å²) in [7, 11) is -3.90. The number of sulfonamides is 1. The fraction of sp³-hybridized carbons (Fsp3) is 0.381. The molecule has 0 spiro atoms. The molecule has 166 valence electrons. The van der Waals surface area contributed by atoms with E-state index in [1.165, 1.54) is 16.4 Å². The van der Waals surface area contributed by atoms with Crippen LogP contribution in [0, 0.1) is 17.0 Å². The van der Waals surface area contributed by atoms with E-state index in [4.69, 9.17) is 4.74 Å². The molecule has 1 fully saturated rings. The number of non-ortho nitro benzene ring substituents is 1. The van der Waals surface area contributed by atoms with Crippen molar-refractivity contribution in [2.24, 2.45) is 0 Å². The van der Waals surface area contributed by atoms with E-state index in [0.717, 1.165) is 18.1 Å². The molecule has 1 aliphatic heterocycles. The fourth-order valence-electron chi connectivity index (χ4n) is 3.46. The molecule has 3 rings (SSSR count). The summed E-state index contributed by atoms with van der Waals surface area (Å²) in [5.41, 5.74) is 1.17. The fourth-order valence-corrected chi connectivity index (χ4v) is 5.13. The molecule has 0 radical (unpaired) electrons. The van der Waals surface area contributed by atoms with Crippen LogP contribution in [0.25, 0.3) is 0 Å². The molecule has 1 aliphatic rings. The number of hydrogen-bond acceptors (Lipinski definition) is 6. The minimum atomic E-state index is -3.90. The van der Waals surface area contributed by atoms with Crippen molar-refractivity contribution in [2.75, 3.05) is 32.8 Å². The van der Waals surface area contributed by atoms with E-state index in [9.17, 15) is 23.3 Å². The van der Waals surface area contributed by atoms with Crippen LogP contribution in [0.2, 0.25) is 0 Å². The Labute approximate surface area is 181 Å². The van der Waals surface area contributed by atoms with Gasteiger partial charge in [-0.15, -0.1) is 0 Å². The van der Waals surface area contributed by atoms with E-state index in [2.05, 4.69) is 0 Å². The zero-order valence-electron chi connectivity index (χ0n) is 17.5. The van der Waals surface area contributed by atoms with E-state index in [0.29, 0.717) is 11.3 Å². The predicted octanol–water partition coefficient (Wildman–Crippen LogP) is 2.38. The summed E-state index contributed by atoms with van der Waals surface area (Å²) in [4.78, 5) is 24.4. The third kappa shape index (κ3) is 5.02. The molecule has 0 bridgehead atoms. The van der Waals surface area contributed by atoms with Crippen molar-refractivity contribution < 1.29 is 22.9 Å². The molecule has 0 aliphatic carbocycles. The highest BCUT2D eigenvalue weighted by molar-refractivity contribution is 7.89. The maximum Gasteiger partial charge on any atom is 0.270 e. The Kier molecular flexibility index (Phi) is 6.91. The van der Waals surface area contributed by atoms with Gasteiger partial charge in [0.15, 0.2) is 6.61 Å². The summed E-state index contributed by atoms with van der Waals surface area (Å²) in [6.45, 7) is 4.17. The third-order valence-electron chi connectivity index (χ3n) is 5.30. The highest BCUT2D eigenvalue weighted by atomic mass is 32.2. The van der Waals surface area contributed by atoms with Gasteiger partial charge in [0.1, 0.15) is 5.75 Å². The lowest BCUT2D eigenvalue weighted by Crippen LogP contribution is -2.51. The number of nitro benzene ring substituents is 1. The summed E-state index contributed by atoms with van der Waals surface area (Å²) >= 11 is 0. The second kappa shape index (κ2) is 9.44. The molecule has 9 nitrogen and oxygen atoms in total. The van der Waals surface area contributed by atoms with Gasteiger partial charge in [-0.1, -0.05) is 31.2 Å². The molecule has 0 N–H and O–H groups in total. The van der Waals surface area contributed by atoms with Crippen molar-refractivity contribution in [2.45, 2.75) is 25.2 Å². The second-order valence-electron chi connectivity index (χ2n) is 7.24. The first-order valence-corrected chi connectivity index (χ1v) is 11.4. The Bertz CT molecular complexity index is 1080. The van der Waals surface area contributed by atoms with Crippen LogP contribution in [-0.4, -0.2) is 61.2 Å². The summed E-state index contributed by atoms with van der Waals surface area (Å²) in [5, 5.41) is 11.0. The molecule has 1 saturated heterocycles. The largest absolute Gasteiger partial charge is 0.483 e. The SMILES string of the molecule is CCc1ccccc1OCC(=O)N1CCN(S(=O)(=O)c2cc([N+](=O)[O-])ccc2C)CC1. The van der Waals surface area contributed by atoms with Crippen LogP contribution < -0.4 is 4.74 Å². The van der Waals surface area contributed by atoms with Crippen LogP contribution in [0.3, 0.4) is 0 Å². The highest BCUT2D eigenvalue weighted by Gasteiger charge is 2.32. The molecule has 31 heavy (non-hydrogen) atoms. The van der Waals surface area contributed by atoms with E-state index in [1.54, 1.807) is 11.8 Å². The first-order chi connectivity index (χ1) is 14.7. The van der Waals surface area contributed by atoms with Gasteiger partial charge in [-0.3, -0.25) is 14.9 Å². The molecule has 2 aromatic rings. The Morgan fingerprint density at radius 2 is 1.81 bits per heavy atom. The van der Waals surface area contributed by atoms with E-state index >= 15 is 0 Å². The maximum atomic E-state index is 13.0. The zero-order valence-corrected chi connectivity index (χ0v) is 18.3. The third-order valence-corrected chi connectivity index (χ3v) is 7.34. The van der Waals surface area contributed by atoms with Gasteiger partial charge in [-0.05, 0) is 30.5 Å². The van der Waals surface area contributed by atoms with Crippen molar-refractivity contribution in [3.05, 3.63) is 63.7 Å². The number of hydrogen-bond donors (Lipinski definition) is 0. The van der Waals surface area contributed by atoms with Gasteiger partial charge in [0.05, 0.1) is 9.82 Å². The number of para-hydroxylation sites is 1. The van der Waals surface area contributed by atoms with Crippen LogP contribution in [-0.2, 0) is 21.2 Å². The van der Waals surface area contributed by atoms with E-state index < -0.39 is 14.9 Å². The van der Waals surface area contributed by atoms with E-state index in [1.807, 2.05) is 31.2 Å². The van der Waals surface area contributed by atoms with Crippen molar-refractivity contribution in [3.63, 3.8) is 0 Å². The lowest BCUT2D eigenvalue weighted by Gasteiger charge is -2.34. The van der Waals surface area contributed by atoms with Gasteiger partial charge < -0.3 is 9.64 Å². The smallest absolute Gasteiger partial charge is 0.270 e. The molecular formula is C21H25N3O6S. The van der Waals surface area contributed by atoms with Crippen molar-refractivity contribution >= 4 is 21.6 Å². The average molecular weight is 448 g/mol. The summed E-state index contributed by atoms with van der Waals surface area (Å²) in [5.74, 6) is 0.454. The minimum Gasteiger partial charge on any atom is -0.483 e. The quantitative estimate of drug-likeness (QED) is 0.476. The molecule has 1 amide bonds. The average Bonchev–Trinajstić information content (AvgIpc) is 2.77. The lowest BCUT2D eigenvalue weighted by molar-refractivity contribution is -0.385. The first-order valence-electron chi connectivity index (χ1n) is 9.97. The van der Waals surface area contributed by atoms with Crippen LogP contribution in [0.1, 0.15) is 18.1 Å². The van der Waals surface area contributed by atoms with Crippen molar-refractivity contribution in [1.82, 2.24) is 9.21 Å². The molecule has 10 heteroatoms. The number of nitrogens with zero attached hydrogens (tertiary/aromatic N) is 3. The van der Waals surface area contributed by atoms with Crippen molar-refractivity contribution in [3.8, 4) is 5.75 Å². The number of ether oxygens (including phenoxy) is 1. The summed E-state index contributed by atoms with van der Waals surface area (Å²) < 4.78 is 33.0. The monoisotopic (exact) mass is 447 g/mol. The van der Waals surface area contributed by atoms with Gasteiger partial charge in [0.2, 0.25) is 10.0 Å². The Hall–Kier alpha value is -2.98. The zero-order chi connectivity index (χ0) is 22.6. The van der Waals surface area contributed by atoms with Gasteiger partial charge in [0, 0.05) is 38.3 Å². The normalized spacial score (nSPS) is 15.0. The van der Waals surface area contributed by atoms with Crippen LogP contribution in [0.5, 0.6) is 5.75 Å². The Morgan fingerprint density at radius 3 is 2.45 bits per heavy atom. The van der Waals surface area contributed by atoms with Gasteiger partial charge in [-0.25, -0.2) is 8.42 Å². The number of nitro groups is 1. The number of rotatable bonds is 7. The number of amides is 1. The number of piperazine rings is 1. The number of benzene rings is 2. The molecule has 0 unspecified atom stereocenters. The number of carbonyl (C=O) groups excluding carboxylic acids is 1. The second-order valence-corrected chi connectivity index (χ2v) is 9.15. The predicted molar refractivity (Wildman–Crippen MR) is 114 cm³/mol. The topological polar surface area (TPSA) is 110 Å². The maximum absolute atomic E-state index is 13.0. The van der Waals surface area contributed by atoms with Gasteiger partial charge in [0.25, 0.3) is 11.6 Å². The Balaban J connectivity index is 1.63. The number of carbonyl (C=O) groups is 1. The molecule has 2 aromatic carbocycles. The molecular weight excluding hydrogens is 422 g/mol. The molecule has 0 aromatic heterocycles. The standard InChI is InChI=1S/C21H25N3O6S/c1-3-17-6-4-5-7-19(17)30-15-21(25)22-10-12-23(13-11-22)31(28,29)20-14-18(24(26)27)9-8-16(20)2/h4-9,14H,3,10-13,15H2,1-2H3. The minimum absolute atomic E-state index is 0.0824. The summed E-state index contributed by atoms with van der Waals surface area (Å²) in [6, 6.07) is 11.3. The first kappa shape index (κ1) is 22.7. The number of aryl methyl sites for hydroxylation is 2. The summed E-state index contributed by atoms with van der Waals surface area (Å²) in [6.07, 6.45) is 0.790. The van der Waals surface area contributed by atoms with Gasteiger partial charge in [-0.2, -0.15) is 4.31 Å². The van der Waals surface area contributed by atoms with Crippen molar-refractivity contribution in [1.29, 1.82) is 0 Å². The van der Waals surface area contributed by atoms with Crippen LogP contribution in [0.15, 0.2) is 47.4 Å². The highest BCUT2D eigenvalue weighted by Crippen LogP contribution is 2.25. The molecule has 1 heterocycles. The Morgan fingerprint density at radius 1 is 1.13 bits per heavy atom. The molecule has 0 saturated carbocycles. The van der Waals surface area contributed by atoms with E-state index in [-0.39, 0.29) is 49.3 Å². The molecule has 0 atom stereocenters. The van der Waals surface area contributed by atoms with Crippen LogP contribution >= 0.6 is 0 Å². The van der Waals surface area contributed by atoms with Gasteiger partial charge >= 0.3 is 0 Å². The van der Waals surface area contributed by atoms with Crippen LogP contribution in [0.4, 0.5) is 5.69 Å². The lowest BCUT2D eigenvalue weighted by atomic mass is 10.1.